The van der Waals surface area contributed by atoms with E-state index in [4.69, 9.17) is 0 Å². The molecule has 0 saturated heterocycles. The molecule has 4 rings (SSSR count). The van der Waals surface area contributed by atoms with Gasteiger partial charge in [-0.2, -0.15) is 0 Å². The van der Waals surface area contributed by atoms with E-state index in [9.17, 15) is 9.59 Å². The van der Waals surface area contributed by atoms with Gasteiger partial charge in [-0.25, -0.2) is 4.98 Å². The van der Waals surface area contributed by atoms with Crippen LogP contribution in [0, 0.1) is 5.41 Å². The number of allylic oxidation sites excluding steroid dienone is 3. The fourth-order valence-electron chi connectivity index (χ4n) is 4.86. The molecule has 2 aromatic rings. The molecular weight excluding hydrogens is 530 g/mol. The van der Waals surface area contributed by atoms with Crippen LogP contribution in [0.5, 0.6) is 0 Å². The summed E-state index contributed by atoms with van der Waals surface area (Å²) in [5, 5.41) is 8.62. The van der Waals surface area contributed by atoms with Crippen LogP contribution < -0.4 is 10.6 Å². The summed E-state index contributed by atoms with van der Waals surface area (Å²) in [4.78, 5) is 31.7. The van der Waals surface area contributed by atoms with Crippen LogP contribution in [0.3, 0.4) is 0 Å². The van der Waals surface area contributed by atoms with Gasteiger partial charge in [-0.1, -0.05) is 27.7 Å². The van der Waals surface area contributed by atoms with Crippen molar-refractivity contribution in [2.24, 2.45) is 5.41 Å². The number of aromatic nitrogens is 1. The summed E-state index contributed by atoms with van der Waals surface area (Å²) in [6, 6.07) is 3.61. The number of thiophene rings is 1. The first-order chi connectivity index (χ1) is 16.1. The molecule has 0 fully saturated rings. The smallest absolute Gasteiger partial charge is 0.255 e. The zero-order valence-corrected chi connectivity index (χ0v) is 23.4. The number of halogens is 1. The molecule has 5 nitrogen and oxygen atoms in total. The van der Waals surface area contributed by atoms with Gasteiger partial charge < -0.3 is 10.6 Å². The zero-order chi connectivity index (χ0) is 24.6. The largest absolute Gasteiger partial charge is 0.362 e. The third-order valence-corrected chi connectivity index (χ3v) is 8.99. The Kier molecular flexibility index (Phi) is 7.41. The molecule has 180 valence electrons. The van der Waals surface area contributed by atoms with Crippen molar-refractivity contribution in [2.75, 3.05) is 11.1 Å². The number of thioether (sulfide) groups is 1. The number of nitrogens with one attached hydrogen (secondary N) is 2. The van der Waals surface area contributed by atoms with Gasteiger partial charge in [0.05, 0.1) is 4.21 Å². The molecule has 8 heteroatoms. The standard InChI is InChI=1S/C26H30BrN3O2S2/c1-6-15-13-34-25(33-7-2)21(15)23-20(24(32)30-19-9-8-16(27)12-28-19)14(3)29-17-10-26(4,5)11-18(31)22(17)23/h8-9,12-13,23,29H,6-7,10-11H2,1-5H3,(H,28,30,32). The number of Topliss-reactive ketones (excluding diaryl/α,β-unsaturated/α-hetero) is 1. The molecule has 0 radical (unpaired) electrons. The molecule has 0 aromatic carbocycles. The highest BCUT2D eigenvalue weighted by atomic mass is 79.9. The lowest BCUT2D eigenvalue weighted by atomic mass is 9.68. The summed E-state index contributed by atoms with van der Waals surface area (Å²) in [5.41, 5.74) is 5.32. The van der Waals surface area contributed by atoms with Crippen molar-refractivity contribution in [3.63, 3.8) is 0 Å². The minimum atomic E-state index is -0.384. The monoisotopic (exact) mass is 559 g/mol. The van der Waals surface area contributed by atoms with Crippen LogP contribution in [0.4, 0.5) is 5.82 Å². The lowest BCUT2D eigenvalue weighted by Gasteiger charge is -2.40. The van der Waals surface area contributed by atoms with E-state index >= 15 is 0 Å². The molecule has 0 saturated carbocycles. The van der Waals surface area contributed by atoms with E-state index in [1.54, 1.807) is 35.4 Å². The molecule has 1 unspecified atom stereocenters. The van der Waals surface area contributed by atoms with Gasteiger partial charge in [-0.15, -0.1) is 23.1 Å². The summed E-state index contributed by atoms with van der Waals surface area (Å²) in [6.07, 6.45) is 3.77. The van der Waals surface area contributed by atoms with E-state index in [0.29, 0.717) is 17.8 Å². The number of carbonyl (C=O) groups excluding carboxylic acids is 2. The van der Waals surface area contributed by atoms with E-state index in [2.05, 4.69) is 64.6 Å². The van der Waals surface area contributed by atoms with Crippen LogP contribution in [0.15, 0.2) is 54.9 Å². The summed E-state index contributed by atoms with van der Waals surface area (Å²) in [7, 11) is 0. The number of dihydropyridines is 1. The minimum Gasteiger partial charge on any atom is -0.362 e. The second-order valence-electron chi connectivity index (χ2n) is 9.49. The summed E-state index contributed by atoms with van der Waals surface area (Å²) < 4.78 is 2.03. The molecule has 2 N–H and O–H groups in total. The third kappa shape index (κ3) is 4.90. The molecule has 0 bridgehead atoms. The normalized spacial score (nSPS) is 19.7. The second kappa shape index (κ2) is 9.99. The van der Waals surface area contributed by atoms with Crippen LogP contribution in [0.2, 0.25) is 0 Å². The summed E-state index contributed by atoms with van der Waals surface area (Å²) in [6.45, 7) is 10.5. The highest BCUT2D eigenvalue weighted by Gasteiger charge is 2.44. The van der Waals surface area contributed by atoms with Crippen molar-refractivity contribution in [3.8, 4) is 0 Å². The average Bonchev–Trinajstić information content (AvgIpc) is 3.16. The first kappa shape index (κ1) is 25.2. The van der Waals surface area contributed by atoms with E-state index in [0.717, 1.165) is 45.6 Å². The highest BCUT2D eigenvalue weighted by Crippen LogP contribution is 2.50. The van der Waals surface area contributed by atoms with Gasteiger partial charge in [-0.05, 0) is 75.5 Å². The number of hydrogen-bond acceptors (Lipinski definition) is 6. The lowest BCUT2D eigenvalue weighted by Crippen LogP contribution is -2.39. The minimum absolute atomic E-state index is 0.113. The molecule has 34 heavy (non-hydrogen) atoms. The van der Waals surface area contributed by atoms with Crippen molar-refractivity contribution in [1.29, 1.82) is 0 Å². The molecule has 0 spiro atoms. The Hall–Kier alpha value is -1.90. The summed E-state index contributed by atoms with van der Waals surface area (Å²) >= 11 is 6.89. The topological polar surface area (TPSA) is 71.1 Å². The van der Waals surface area contributed by atoms with Gasteiger partial charge >= 0.3 is 0 Å². The van der Waals surface area contributed by atoms with E-state index in [1.165, 1.54) is 9.77 Å². The van der Waals surface area contributed by atoms with E-state index < -0.39 is 0 Å². The average molecular weight is 561 g/mol. The van der Waals surface area contributed by atoms with Gasteiger partial charge in [-0.3, -0.25) is 9.59 Å². The van der Waals surface area contributed by atoms with Crippen LogP contribution in [-0.2, 0) is 16.0 Å². The molecular formula is C26H30BrN3O2S2. The van der Waals surface area contributed by atoms with E-state index in [1.807, 2.05) is 13.0 Å². The number of anilines is 1. The molecule has 1 aliphatic carbocycles. The number of rotatable bonds is 6. The number of pyridine rings is 1. The maximum absolute atomic E-state index is 13.7. The van der Waals surface area contributed by atoms with Crippen LogP contribution in [-0.4, -0.2) is 22.4 Å². The number of hydrogen-bond donors (Lipinski definition) is 2. The van der Waals surface area contributed by atoms with E-state index in [-0.39, 0.29) is 23.0 Å². The van der Waals surface area contributed by atoms with Crippen molar-refractivity contribution in [1.82, 2.24) is 10.3 Å². The van der Waals surface area contributed by atoms with Gasteiger partial charge in [0.15, 0.2) is 5.78 Å². The van der Waals surface area contributed by atoms with Crippen molar-refractivity contribution in [2.45, 2.75) is 64.0 Å². The molecule has 1 aliphatic heterocycles. The maximum Gasteiger partial charge on any atom is 0.255 e. The van der Waals surface area contributed by atoms with Crippen molar-refractivity contribution in [3.05, 3.63) is 61.8 Å². The van der Waals surface area contributed by atoms with Crippen LogP contribution >= 0.6 is 39.0 Å². The first-order valence-corrected chi connectivity index (χ1v) is 14.2. The Morgan fingerprint density at radius 2 is 2.09 bits per heavy atom. The fourth-order valence-corrected chi connectivity index (χ4v) is 7.45. The Bertz CT molecular complexity index is 1200. The van der Waals surface area contributed by atoms with Crippen molar-refractivity contribution < 1.29 is 9.59 Å². The fraction of sp³-hybridized carbons (Fsp3) is 0.423. The quantitative estimate of drug-likeness (QED) is 0.380. The number of amides is 1. The molecule has 1 atom stereocenters. The SMILES string of the molecule is CCSc1scc(CC)c1C1C(C(=O)Nc2ccc(Br)cn2)=C(C)NC2=C1C(=O)CC(C)(C)C2. The number of aryl methyl sites for hydroxylation is 1. The number of ketones is 1. The Morgan fingerprint density at radius 3 is 2.74 bits per heavy atom. The van der Waals surface area contributed by atoms with Crippen molar-refractivity contribution >= 4 is 56.5 Å². The predicted octanol–water partition coefficient (Wildman–Crippen LogP) is 6.82. The van der Waals surface area contributed by atoms with Crippen LogP contribution in [0.25, 0.3) is 0 Å². The Labute approximate surface area is 218 Å². The van der Waals surface area contributed by atoms with Crippen LogP contribution in [0.1, 0.15) is 64.5 Å². The Balaban J connectivity index is 1.87. The third-order valence-electron chi connectivity index (χ3n) is 6.27. The summed E-state index contributed by atoms with van der Waals surface area (Å²) in [5.74, 6) is 0.929. The van der Waals surface area contributed by atoms with Gasteiger partial charge in [0.25, 0.3) is 5.91 Å². The van der Waals surface area contributed by atoms with Gasteiger partial charge in [0.1, 0.15) is 5.82 Å². The maximum atomic E-state index is 13.7. The molecule has 2 aromatic heterocycles. The molecule has 3 heterocycles. The lowest BCUT2D eigenvalue weighted by molar-refractivity contribution is -0.118. The number of carbonyl (C=O) groups is 2. The predicted molar refractivity (Wildman–Crippen MR) is 144 cm³/mol. The van der Waals surface area contributed by atoms with Gasteiger partial charge in [0.2, 0.25) is 0 Å². The zero-order valence-electron chi connectivity index (χ0n) is 20.2. The molecule has 2 aliphatic rings. The molecule has 1 amide bonds. The first-order valence-electron chi connectivity index (χ1n) is 11.5. The Morgan fingerprint density at radius 1 is 1.32 bits per heavy atom. The number of nitrogens with zero attached hydrogens (tertiary/aromatic N) is 1. The van der Waals surface area contributed by atoms with Gasteiger partial charge in [0, 0.05) is 45.5 Å². The second-order valence-corrected chi connectivity index (χ2v) is 12.8. The highest BCUT2D eigenvalue weighted by molar-refractivity contribution is 9.10.